The first-order valence-corrected chi connectivity index (χ1v) is 5.96. The molecule has 1 aromatic carbocycles. The molecule has 1 amide bonds. The van der Waals surface area contributed by atoms with Crippen molar-refractivity contribution in [2.45, 2.75) is 6.92 Å². The highest BCUT2D eigenvalue weighted by molar-refractivity contribution is 6.03. The number of carbonyl (C=O) groups is 1. The van der Waals surface area contributed by atoms with Crippen LogP contribution in [0.3, 0.4) is 0 Å². The summed E-state index contributed by atoms with van der Waals surface area (Å²) < 4.78 is 5.44. The minimum Gasteiger partial charge on any atom is -0.492 e. The number of nitrogens with two attached hydrogens (primary N) is 1. The summed E-state index contributed by atoms with van der Waals surface area (Å²) in [5.74, 6) is 0.618. The van der Waals surface area contributed by atoms with Gasteiger partial charge in [-0.25, -0.2) is 4.98 Å². The molecule has 0 fully saturated rings. The van der Waals surface area contributed by atoms with Gasteiger partial charge in [-0.1, -0.05) is 18.2 Å². The van der Waals surface area contributed by atoms with Crippen molar-refractivity contribution in [3.05, 3.63) is 48.2 Å². The Hall–Kier alpha value is -2.56. The fraction of sp³-hybridized carbons (Fsp3) is 0.143. The van der Waals surface area contributed by atoms with Crippen molar-refractivity contribution in [3.8, 4) is 5.75 Å². The first-order valence-electron chi connectivity index (χ1n) is 5.96. The SMILES string of the molecule is CCOc1ccccc1NC(=O)c1cccc(N)n1. The Morgan fingerprint density at radius 1 is 1.26 bits per heavy atom. The van der Waals surface area contributed by atoms with Gasteiger partial charge in [-0.2, -0.15) is 0 Å². The molecule has 0 spiro atoms. The van der Waals surface area contributed by atoms with Crippen LogP contribution in [0.2, 0.25) is 0 Å². The van der Waals surface area contributed by atoms with Gasteiger partial charge in [-0.05, 0) is 31.2 Å². The molecule has 5 heteroatoms. The molecule has 0 aliphatic heterocycles. The summed E-state index contributed by atoms with van der Waals surface area (Å²) in [6, 6.07) is 12.2. The van der Waals surface area contributed by atoms with E-state index in [1.54, 1.807) is 30.3 Å². The van der Waals surface area contributed by atoms with E-state index in [0.717, 1.165) is 0 Å². The molecule has 0 radical (unpaired) electrons. The number of amides is 1. The van der Waals surface area contributed by atoms with Crippen molar-refractivity contribution < 1.29 is 9.53 Å². The quantitative estimate of drug-likeness (QED) is 0.881. The van der Waals surface area contributed by atoms with E-state index in [-0.39, 0.29) is 11.6 Å². The first-order chi connectivity index (χ1) is 9.20. The molecule has 0 atom stereocenters. The third kappa shape index (κ3) is 3.22. The number of ether oxygens (including phenoxy) is 1. The van der Waals surface area contributed by atoms with Crippen LogP contribution in [0.4, 0.5) is 11.5 Å². The Balaban J connectivity index is 2.19. The van der Waals surface area contributed by atoms with Crippen LogP contribution < -0.4 is 15.8 Å². The summed E-state index contributed by atoms with van der Waals surface area (Å²) >= 11 is 0. The maximum absolute atomic E-state index is 12.0. The fourth-order valence-corrected chi connectivity index (χ4v) is 1.62. The Labute approximate surface area is 111 Å². The van der Waals surface area contributed by atoms with E-state index in [2.05, 4.69) is 10.3 Å². The summed E-state index contributed by atoms with van der Waals surface area (Å²) in [6.45, 7) is 2.42. The molecule has 2 rings (SSSR count). The number of carbonyl (C=O) groups excluding carboxylic acids is 1. The molecule has 98 valence electrons. The van der Waals surface area contributed by atoms with Crippen molar-refractivity contribution in [3.63, 3.8) is 0 Å². The number of hydrogen-bond donors (Lipinski definition) is 2. The molecule has 1 aromatic heterocycles. The smallest absolute Gasteiger partial charge is 0.274 e. The molecular weight excluding hydrogens is 242 g/mol. The number of benzene rings is 1. The van der Waals surface area contributed by atoms with Crippen LogP contribution in [0.25, 0.3) is 0 Å². The predicted octanol–water partition coefficient (Wildman–Crippen LogP) is 2.31. The molecule has 3 N–H and O–H groups in total. The van der Waals surface area contributed by atoms with Gasteiger partial charge in [-0.15, -0.1) is 0 Å². The van der Waals surface area contributed by atoms with Gasteiger partial charge in [0.15, 0.2) is 0 Å². The van der Waals surface area contributed by atoms with Crippen molar-refractivity contribution in [1.82, 2.24) is 4.98 Å². The molecule has 0 saturated heterocycles. The van der Waals surface area contributed by atoms with Gasteiger partial charge in [0.05, 0.1) is 12.3 Å². The average Bonchev–Trinajstić information content (AvgIpc) is 2.41. The lowest BCUT2D eigenvalue weighted by atomic mass is 10.2. The van der Waals surface area contributed by atoms with Crippen molar-refractivity contribution in [1.29, 1.82) is 0 Å². The fourth-order valence-electron chi connectivity index (χ4n) is 1.62. The van der Waals surface area contributed by atoms with Gasteiger partial charge in [0.25, 0.3) is 5.91 Å². The van der Waals surface area contributed by atoms with Crippen molar-refractivity contribution in [2.24, 2.45) is 0 Å². The topological polar surface area (TPSA) is 77.2 Å². The number of hydrogen-bond acceptors (Lipinski definition) is 4. The molecule has 2 aromatic rings. The van der Waals surface area contributed by atoms with Crippen LogP contribution in [0.1, 0.15) is 17.4 Å². The summed E-state index contributed by atoms with van der Waals surface area (Å²) in [7, 11) is 0. The lowest BCUT2D eigenvalue weighted by Crippen LogP contribution is -2.15. The van der Waals surface area contributed by atoms with E-state index in [9.17, 15) is 4.79 Å². The summed E-state index contributed by atoms with van der Waals surface area (Å²) in [5.41, 5.74) is 6.43. The van der Waals surface area contributed by atoms with Gasteiger partial charge in [-0.3, -0.25) is 4.79 Å². The first kappa shape index (κ1) is 12.9. The number of aromatic nitrogens is 1. The number of nitrogen functional groups attached to an aromatic ring is 1. The van der Waals surface area contributed by atoms with Crippen LogP contribution in [0.15, 0.2) is 42.5 Å². The lowest BCUT2D eigenvalue weighted by Gasteiger charge is -2.10. The summed E-state index contributed by atoms with van der Waals surface area (Å²) in [5, 5.41) is 2.76. The highest BCUT2D eigenvalue weighted by Gasteiger charge is 2.10. The predicted molar refractivity (Wildman–Crippen MR) is 74.2 cm³/mol. The van der Waals surface area contributed by atoms with Crippen molar-refractivity contribution >= 4 is 17.4 Å². The third-order valence-electron chi connectivity index (χ3n) is 2.44. The normalized spacial score (nSPS) is 9.95. The maximum atomic E-state index is 12.0. The highest BCUT2D eigenvalue weighted by atomic mass is 16.5. The van der Waals surface area contributed by atoms with Gasteiger partial charge in [0, 0.05) is 0 Å². The van der Waals surface area contributed by atoms with E-state index >= 15 is 0 Å². The second kappa shape index (κ2) is 5.86. The molecule has 19 heavy (non-hydrogen) atoms. The van der Waals surface area contributed by atoms with Gasteiger partial charge in [0.1, 0.15) is 17.3 Å². The Kier molecular flexibility index (Phi) is 3.97. The van der Waals surface area contributed by atoms with Gasteiger partial charge in [0.2, 0.25) is 0 Å². The van der Waals surface area contributed by atoms with Gasteiger partial charge < -0.3 is 15.8 Å². The van der Waals surface area contributed by atoms with E-state index in [4.69, 9.17) is 10.5 Å². The molecular formula is C14H15N3O2. The van der Waals surface area contributed by atoms with Crippen LogP contribution in [-0.2, 0) is 0 Å². The number of rotatable bonds is 4. The average molecular weight is 257 g/mol. The van der Waals surface area contributed by atoms with Crippen LogP contribution in [0.5, 0.6) is 5.75 Å². The van der Waals surface area contributed by atoms with E-state index < -0.39 is 0 Å². The lowest BCUT2D eigenvalue weighted by molar-refractivity contribution is 0.102. The minimum atomic E-state index is -0.320. The molecule has 0 aliphatic carbocycles. The molecule has 0 unspecified atom stereocenters. The monoisotopic (exact) mass is 257 g/mol. The van der Waals surface area contributed by atoms with Crippen LogP contribution in [-0.4, -0.2) is 17.5 Å². The van der Waals surface area contributed by atoms with E-state index in [1.807, 2.05) is 19.1 Å². The molecule has 5 nitrogen and oxygen atoms in total. The Morgan fingerprint density at radius 3 is 2.79 bits per heavy atom. The summed E-state index contributed by atoms with van der Waals surface area (Å²) in [6.07, 6.45) is 0. The van der Waals surface area contributed by atoms with Crippen LogP contribution >= 0.6 is 0 Å². The number of nitrogens with zero attached hydrogens (tertiary/aromatic N) is 1. The molecule has 0 aliphatic rings. The zero-order valence-electron chi connectivity index (χ0n) is 10.6. The Morgan fingerprint density at radius 2 is 2.05 bits per heavy atom. The van der Waals surface area contributed by atoms with Crippen molar-refractivity contribution in [2.75, 3.05) is 17.7 Å². The number of nitrogens with one attached hydrogen (secondary N) is 1. The number of pyridine rings is 1. The summed E-state index contributed by atoms with van der Waals surface area (Å²) in [4.78, 5) is 16.0. The molecule has 0 saturated carbocycles. The molecule has 0 bridgehead atoms. The zero-order chi connectivity index (χ0) is 13.7. The second-order valence-corrected chi connectivity index (χ2v) is 3.83. The second-order valence-electron chi connectivity index (χ2n) is 3.83. The highest BCUT2D eigenvalue weighted by Crippen LogP contribution is 2.24. The van der Waals surface area contributed by atoms with E-state index in [1.165, 1.54) is 0 Å². The largest absolute Gasteiger partial charge is 0.492 e. The number of anilines is 2. The minimum absolute atomic E-state index is 0.270. The van der Waals surface area contributed by atoms with E-state index in [0.29, 0.717) is 23.9 Å². The molecule has 1 heterocycles. The van der Waals surface area contributed by atoms with Crippen LogP contribution in [0, 0.1) is 0 Å². The Bertz CT molecular complexity index is 584. The number of para-hydroxylation sites is 2. The van der Waals surface area contributed by atoms with Gasteiger partial charge >= 0.3 is 0 Å². The standard InChI is InChI=1S/C14H15N3O2/c1-2-19-12-8-4-3-6-10(12)17-14(18)11-7-5-9-13(15)16-11/h3-9H,2H2,1H3,(H2,15,16)(H,17,18). The third-order valence-corrected chi connectivity index (χ3v) is 2.44. The zero-order valence-corrected chi connectivity index (χ0v) is 10.6. The maximum Gasteiger partial charge on any atom is 0.274 e.